The van der Waals surface area contributed by atoms with E-state index in [0.29, 0.717) is 6.54 Å². The van der Waals surface area contributed by atoms with Crippen molar-refractivity contribution < 1.29 is 9.53 Å². The first kappa shape index (κ1) is 17.2. The number of carbonyl (C=O) groups excluding carboxylic acids is 1. The van der Waals surface area contributed by atoms with Crippen molar-refractivity contribution in [1.29, 1.82) is 0 Å². The smallest absolute Gasteiger partial charge is 0.407 e. The molecule has 21 heavy (non-hydrogen) atoms. The molecule has 0 aliphatic carbocycles. The van der Waals surface area contributed by atoms with Gasteiger partial charge in [0.25, 0.3) is 0 Å². The molecule has 0 aliphatic heterocycles. The monoisotopic (exact) mass is 291 g/mol. The molecule has 5 nitrogen and oxygen atoms in total. The second kappa shape index (κ2) is 8.42. The number of nitrogens with zero attached hydrogens (tertiary/aromatic N) is 1. The van der Waals surface area contributed by atoms with E-state index in [4.69, 9.17) is 4.74 Å². The number of hydrogen-bond acceptors (Lipinski definition) is 4. The number of nitrogens with one attached hydrogen (secondary N) is 2. The zero-order chi connectivity index (χ0) is 15.7. The molecule has 1 amide bonds. The van der Waals surface area contributed by atoms with Crippen molar-refractivity contribution in [2.45, 2.75) is 39.8 Å². The van der Waals surface area contributed by atoms with E-state index in [1.807, 2.05) is 52.1 Å². The fourth-order valence-corrected chi connectivity index (χ4v) is 1.53. The highest BCUT2D eigenvalue weighted by atomic mass is 16.6. The summed E-state index contributed by atoms with van der Waals surface area (Å²) in [4.78, 5) is 15.6. The van der Waals surface area contributed by atoms with Crippen LogP contribution in [-0.2, 0) is 11.3 Å². The Labute approximate surface area is 126 Å². The van der Waals surface area contributed by atoms with Gasteiger partial charge in [-0.3, -0.25) is 4.98 Å². The summed E-state index contributed by atoms with van der Waals surface area (Å²) in [5.74, 6) is 0. The molecule has 0 bridgehead atoms. The molecular formula is C16H25N3O2. The van der Waals surface area contributed by atoms with Gasteiger partial charge in [-0.2, -0.15) is 0 Å². The minimum atomic E-state index is -0.461. The van der Waals surface area contributed by atoms with Crippen molar-refractivity contribution >= 4 is 6.09 Å². The van der Waals surface area contributed by atoms with Crippen LogP contribution in [0.1, 0.15) is 32.0 Å². The van der Waals surface area contributed by atoms with Crippen LogP contribution in [0.5, 0.6) is 0 Å². The van der Waals surface area contributed by atoms with E-state index in [-0.39, 0.29) is 0 Å². The number of hydrogen-bond donors (Lipinski definition) is 2. The highest BCUT2D eigenvalue weighted by Crippen LogP contribution is 2.06. The van der Waals surface area contributed by atoms with E-state index in [9.17, 15) is 4.79 Å². The molecule has 1 aromatic rings. The molecule has 5 heteroatoms. The third-order valence-corrected chi connectivity index (χ3v) is 2.49. The average molecular weight is 291 g/mol. The van der Waals surface area contributed by atoms with E-state index >= 15 is 0 Å². The molecule has 0 aliphatic rings. The Morgan fingerprint density at radius 3 is 2.62 bits per heavy atom. The van der Waals surface area contributed by atoms with E-state index < -0.39 is 11.7 Å². The molecule has 1 heterocycles. The predicted molar refractivity (Wildman–Crippen MR) is 84.1 cm³/mol. The van der Waals surface area contributed by atoms with Gasteiger partial charge in [0.15, 0.2) is 0 Å². The Bertz CT molecular complexity index is 461. The van der Waals surface area contributed by atoms with Gasteiger partial charge in [-0.15, -0.1) is 0 Å². The molecule has 116 valence electrons. The van der Waals surface area contributed by atoms with Crippen molar-refractivity contribution in [1.82, 2.24) is 15.6 Å². The molecule has 0 fully saturated rings. The average Bonchev–Trinajstić information content (AvgIpc) is 2.37. The third kappa shape index (κ3) is 8.81. The summed E-state index contributed by atoms with van der Waals surface area (Å²) >= 11 is 0. The number of carbonyl (C=O) groups is 1. The normalized spacial score (nSPS) is 11.6. The third-order valence-electron chi connectivity index (χ3n) is 2.49. The van der Waals surface area contributed by atoms with Crippen molar-refractivity contribution in [3.05, 3.63) is 41.7 Å². The van der Waals surface area contributed by atoms with Crippen molar-refractivity contribution in [3.8, 4) is 0 Å². The molecule has 2 N–H and O–H groups in total. The van der Waals surface area contributed by atoms with E-state index in [2.05, 4.69) is 21.7 Å². The fraction of sp³-hybridized carbons (Fsp3) is 0.500. The largest absolute Gasteiger partial charge is 0.444 e. The van der Waals surface area contributed by atoms with Crippen molar-refractivity contribution in [2.24, 2.45) is 0 Å². The molecule has 0 atom stereocenters. The zero-order valence-electron chi connectivity index (χ0n) is 13.3. The van der Waals surface area contributed by atoms with Gasteiger partial charge in [-0.1, -0.05) is 18.2 Å². The number of amides is 1. The number of aromatic nitrogens is 1. The summed E-state index contributed by atoms with van der Waals surface area (Å²) in [6.45, 7) is 9.46. The Balaban J connectivity index is 2.10. The van der Waals surface area contributed by atoms with E-state index in [0.717, 1.165) is 24.3 Å². The second-order valence-electron chi connectivity index (χ2n) is 5.79. The molecule has 0 unspecified atom stereocenters. The maximum atomic E-state index is 11.4. The van der Waals surface area contributed by atoms with Gasteiger partial charge < -0.3 is 15.4 Å². The standard InChI is InChI=1S/C16H25N3O2/c1-13-7-8-14(12-19-13)11-17-9-5-6-10-18-15(20)21-16(2,3)4/h5-8,12,17H,9-11H2,1-4H3,(H,18,20)/b6-5+. The van der Waals surface area contributed by atoms with Crippen LogP contribution in [0.15, 0.2) is 30.5 Å². The van der Waals surface area contributed by atoms with Crippen LogP contribution in [0, 0.1) is 6.92 Å². The van der Waals surface area contributed by atoms with Crippen molar-refractivity contribution in [2.75, 3.05) is 13.1 Å². The van der Waals surface area contributed by atoms with Gasteiger partial charge in [-0.25, -0.2) is 4.79 Å². The van der Waals surface area contributed by atoms with Crippen LogP contribution in [0.25, 0.3) is 0 Å². The lowest BCUT2D eigenvalue weighted by atomic mass is 10.2. The molecule has 0 saturated heterocycles. The SMILES string of the molecule is Cc1ccc(CNC/C=C/CNC(=O)OC(C)(C)C)cn1. The Kier molecular flexibility index (Phi) is 6.88. The summed E-state index contributed by atoms with van der Waals surface area (Å²) in [5.41, 5.74) is 1.71. The number of aryl methyl sites for hydroxylation is 1. The van der Waals surface area contributed by atoms with Gasteiger partial charge in [0.05, 0.1) is 0 Å². The highest BCUT2D eigenvalue weighted by Gasteiger charge is 2.14. The summed E-state index contributed by atoms with van der Waals surface area (Å²) in [6, 6.07) is 4.06. The van der Waals surface area contributed by atoms with Gasteiger partial charge in [0, 0.05) is 31.5 Å². The number of alkyl carbamates (subject to hydrolysis) is 1. The quantitative estimate of drug-likeness (QED) is 0.624. The number of ether oxygens (including phenoxy) is 1. The molecule has 0 radical (unpaired) electrons. The van der Waals surface area contributed by atoms with E-state index in [1.165, 1.54) is 0 Å². The lowest BCUT2D eigenvalue weighted by molar-refractivity contribution is 0.0534. The van der Waals surface area contributed by atoms with Crippen LogP contribution in [0.2, 0.25) is 0 Å². The van der Waals surface area contributed by atoms with E-state index in [1.54, 1.807) is 0 Å². The number of rotatable bonds is 6. The lowest BCUT2D eigenvalue weighted by Gasteiger charge is -2.19. The van der Waals surface area contributed by atoms with Gasteiger partial charge in [0.1, 0.15) is 5.60 Å². The molecule has 0 saturated carbocycles. The molecule has 0 aromatic carbocycles. The van der Waals surface area contributed by atoms with Crippen LogP contribution in [0.4, 0.5) is 4.79 Å². The minimum absolute atomic E-state index is 0.397. The molecular weight excluding hydrogens is 266 g/mol. The first-order chi connectivity index (χ1) is 9.87. The maximum Gasteiger partial charge on any atom is 0.407 e. The summed E-state index contributed by atoms with van der Waals surface area (Å²) < 4.78 is 5.13. The lowest BCUT2D eigenvalue weighted by Crippen LogP contribution is -2.32. The molecule has 1 aromatic heterocycles. The van der Waals surface area contributed by atoms with Crippen molar-refractivity contribution in [3.63, 3.8) is 0 Å². The van der Waals surface area contributed by atoms with Crippen LogP contribution in [0.3, 0.4) is 0 Å². The second-order valence-corrected chi connectivity index (χ2v) is 5.79. The Morgan fingerprint density at radius 1 is 1.29 bits per heavy atom. The van der Waals surface area contributed by atoms with Gasteiger partial charge in [-0.05, 0) is 39.3 Å². The van der Waals surface area contributed by atoms with Gasteiger partial charge >= 0.3 is 6.09 Å². The first-order valence-electron chi connectivity index (χ1n) is 7.11. The molecule has 1 rings (SSSR count). The van der Waals surface area contributed by atoms with Gasteiger partial charge in [0.2, 0.25) is 0 Å². The topological polar surface area (TPSA) is 63.2 Å². The number of pyridine rings is 1. The fourth-order valence-electron chi connectivity index (χ4n) is 1.53. The minimum Gasteiger partial charge on any atom is -0.444 e. The van der Waals surface area contributed by atoms with Crippen LogP contribution < -0.4 is 10.6 Å². The predicted octanol–water partition coefficient (Wildman–Crippen LogP) is 2.56. The van der Waals surface area contributed by atoms with Crippen LogP contribution in [-0.4, -0.2) is 29.8 Å². The maximum absolute atomic E-state index is 11.4. The molecule has 0 spiro atoms. The summed E-state index contributed by atoms with van der Waals surface area (Å²) in [5, 5.41) is 5.95. The first-order valence-corrected chi connectivity index (χ1v) is 7.11. The summed E-state index contributed by atoms with van der Waals surface area (Å²) in [6.07, 6.45) is 5.34. The Morgan fingerprint density at radius 2 is 2.00 bits per heavy atom. The summed E-state index contributed by atoms with van der Waals surface area (Å²) in [7, 11) is 0. The highest BCUT2D eigenvalue weighted by molar-refractivity contribution is 5.67. The Hall–Kier alpha value is -1.88. The van der Waals surface area contributed by atoms with Crippen LogP contribution >= 0.6 is 0 Å². The zero-order valence-corrected chi connectivity index (χ0v) is 13.3.